The Kier molecular flexibility index (Phi) is 68.0. The molecule has 0 aromatic heterocycles. The Morgan fingerprint density at radius 1 is 0.348 bits per heavy atom. The number of carboxylic acid groups (broad SMARTS) is 1. The summed E-state index contributed by atoms with van der Waals surface area (Å²) in [4.78, 5) is 37.7. The van der Waals surface area contributed by atoms with Crippen molar-refractivity contribution in [1.82, 2.24) is 0 Å². The van der Waals surface area contributed by atoms with Gasteiger partial charge in [0.15, 0.2) is 6.10 Å². The number of unbranched alkanes of at least 4 members (excludes halogenated alkanes) is 44. The van der Waals surface area contributed by atoms with Crippen LogP contribution in [0.5, 0.6) is 0 Å². The van der Waals surface area contributed by atoms with Gasteiger partial charge in [0.05, 0.1) is 34.4 Å². The summed E-state index contributed by atoms with van der Waals surface area (Å²) in [5, 5.41) is 9.76. The first-order chi connectivity index (χ1) is 43.6. The fraction of sp³-hybridized carbons (Fsp3) is 0.812. The number of quaternary nitrogens is 1. The molecule has 89 heavy (non-hydrogen) atoms. The van der Waals surface area contributed by atoms with Crippen molar-refractivity contribution in [1.29, 1.82) is 0 Å². The van der Waals surface area contributed by atoms with Crippen molar-refractivity contribution in [2.24, 2.45) is 0 Å². The van der Waals surface area contributed by atoms with Crippen molar-refractivity contribution in [3.8, 4) is 0 Å². The van der Waals surface area contributed by atoms with Gasteiger partial charge in [0.1, 0.15) is 13.2 Å². The van der Waals surface area contributed by atoms with Crippen molar-refractivity contribution in [3.05, 3.63) is 72.9 Å². The van der Waals surface area contributed by atoms with Crippen molar-refractivity contribution in [2.75, 3.05) is 47.5 Å². The Bertz CT molecular complexity index is 1690. The molecule has 0 aromatic rings. The molecule has 518 valence electrons. The SMILES string of the molecule is CC/C=C\C/C=C\C/C=C\C/C=C\C/C=C\CCCCCCCCCCCC(=O)OC(COC(=O)CCCCCCCCCCCCCCCCCCCCCCCCCCCCC/C=C\CCCCCCCCCC)COC(OCC[N+](C)(C)C)C(=O)O. The number of carbonyl (C=O) groups is 3. The molecule has 0 fully saturated rings. The minimum absolute atomic E-state index is 0.184. The zero-order valence-corrected chi connectivity index (χ0v) is 59.3. The molecule has 9 nitrogen and oxygen atoms in total. The molecule has 0 bridgehead atoms. The summed E-state index contributed by atoms with van der Waals surface area (Å²) in [5.41, 5.74) is 0. The van der Waals surface area contributed by atoms with E-state index in [-0.39, 0.29) is 32.2 Å². The average molecular weight is 1250 g/mol. The first-order valence-corrected chi connectivity index (χ1v) is 38.1. The van der Waals surface area contributed by atoms with Crippen LogP contribution in [-0.2, 0) is 33.3 Å². The fourth-order valence-electron chi connectivity index (χ4n) is 11.2. The van der Waals surface area contributed by atoms with Crippen molar-refractivity contribution < 1.29 is 42.9 Å². The predicted molar refractivity (Wildman–Crippen MR) is 383 cm³/mol. The van der Waals surface area contributed by atoms with Gasteiger partial charge >= 0.3 is 17.9 Å². The summed E-state index contributed by atoms with van der Waals surface area (Å²) in [6, 6.07) is 0. The van der Waals surface area contributed by atoms with Crippen LogP contribution in [-0.4, -0.2) is 87.4 Å². The summed E-state index contributed by atoms with van der Waals surface area (Å²) in [7, 11) is 5.98. The summed E-state index contributed by atoms with van der Waals surface area (Å²) < 4.78 is 23.0. The van der Waals surface area contributed by atoms with E-state index in [1.807, 2.05) is 21.1 Å². The van der Waals surface area contributed by atoms with Crippen LogP contribution in [0.25, 0.3) is 0 Å². The number of carbonyl (C=O) groups excluding carboxylic acids is 2. The van der Waals surface area contributed by atoms with Crippen LogP contribution < -0.4 is 0 Å². The topological polar surface area (TPSA) is 108 Å². The van der Waals surface area contributed by atoms with Crippen LogP contribution in [0.3, 0.4) is 0 Å². The number of allylic oxidation sites excluding steroid dienone is 12. The van der Waals surface area contributed by atoms with E-state index in [0.717, 1.165) is 77.0 Å². The third kappa shape index (κ3) is 72.0. The molecule has 0 aromatic carbocycles. The monoisotopic (exact) mass is 1250 g/mol. The van der Waals surface area contributed by atoms with Crippen LogP contribution in [0.2, 0.25) is 0 Å². The second-order valence-electron chi connectivity index (χ2n) is 26.9. The number of aliphatic carboxylic acids is 1. The van der Waals surface area contributed by atoms with Crippen molar-refractivity contribution in [3.63, 3.8) is 0 Å². The molecule has 0 rings (SSSR count). The maximum Gasteiger partial charge on any atom is 0.361 e. The highest BCUT2D eigenvalue weighted by atomic mass is 16.7. The highest BCUT2D eigenvalue weighted by molar-refractivity contribution is 5.71. The van der Waals surface area contributed by atoms with Gasteiger partial charge in [0.2, 0.25) is 0 Å². The molecule has 0 radical (unpaired) electrons. The minimum Gasteiger partial charge on any atom is -0.477 e. The lowest BCUT2D eigenvalue weighted by Gasteiger charge is -2.25. The van der Waals surface area contributed by atoms with Gasteiger partial charge in [0, 0.05) is 12.8 Å². The van der Waals surface area contributed by atoms with E-state index in [2.05, 4.69) is 86.8 Å². The summed E-state index contributed by atoms with van der Waals surface area (Å²) >= 11 is 0. The van der Waals surface area contributed by atoms with Crippen LogP contribution in [0.4, 0.5) is 0 Å². The van der Waals surface area contributed by atoms with Gasteiger partial charge in [-0.25, -0.2) is 4.79 Å². The fourth-order valence-corrected chi connectivity index (χ4v) is 11.2. The van der Waals surface area contributed by atoms with Crippen LogP contribution in [0.15, 0.2) is 72.9 Å². The zero-order chi connectivity index (χ0) is 64.7. The Balaban J connectivity index is 3.98. The number of esters is 2. The van der Waals surface area contributed by atoms with Crippen molar-refractivity contribution >= 4 is 17.9 Å². The quantitative estimate of drug-likeness (QED) is 0.0211. The maximum atomic E-state index is 12.9. The van der Waals surface area contributed by atoms with Crippen molar-refractivity contribution in [2.45, 2.75) is 373 Å². The summed E-state index contributed by atoms with van der Waals surface area (Å²) in [6.45, 7) is 4.80. The largest absolute Gasteiger partial charge is 0.477 e. The third-order valence-corrected chi connectivity index (χ3v) is 16.9. The van der Waals surface area contributed by atoms with Gasteiger partial charge < -0.3 is 28.5 Å². The number of rotatable bonds is 71. The number of likely N-dealkylation sites (N-methyl/N-ethyl adjacent to an activating group) is 1. The lowest BCUT2D eigenvalue weighted by Crippen LogP contribution is -2.40. The van der Waals surface area contributed by atoms with E-state index in [1.165, 1.54) is 250 Å². The Hall–Kier alpha value is -3.27. The number of ether oxygens (including phenoxy) is 4. The minimum atomic E-state index is -1.51. The van der Waals surface area contributed by atoms with E-state index >= 15 is 0 Å². The second kappa shape index (κ2) is 70.6. The highest BCUT2D eigenvalue weighted by Crippen LogP contribution is 2.19. The molecule has 0 saturated carbocycles. The molecule has 0 spiro atoms. The summed E-state index contributed by atoms with van der Waals surface area (Å²) in [6.07, 6.45) is 92.0. The molecule has 0 saturated heterocycles. The zero-order valence-electron chi connectivity index (χ0n) is 59.3. The van der Waals surface area contributed by atoms with Gasteiger partial charge in [-0.1, -0.05) is 337 Å². The van der Waals surface area contributed by atoms with Crippen LogP contribution in [0.1, 0.15) is 361 Å². The Labute approximate surface area is 551 Å². The van der Waals surface area contributed by atoms with Crippen LogP contribution in [0, 0.1) is 0 Å². The van der Waals surface area contributed by atoms with E-state index in [9.17, 15) is 19.5 Å². The Morgan fingerprint density at radius 2 is 0.640 bits per heavy atom. The lowest BCUT2D eigenvalue weighted by molar-refractivity contribution is -0.870. The molecule has 0 aliphatic heterocycles. The standard InChI is InChI=1S/C80H145NO8/c1-6-8-10-12-14-16-18-20-22-24-26-28-30-32-33-34-35-36-37-38-39-40-41-42-43-44-45-47-48-50-52-54-56-58-60-62-64-66-68-70-77(82)87-74-76(75-88-80(79(84)85)86-73-72-81(3,4)5)89-78(83)71-69-67-65-63-61-59-57-55-53-51-49-46-31-29-27-25-23-21-19-17-15-13-11-9-7-2/h9,11,15,17,21,23-24,26-27,29,46,49,76,80H,6-8,10,12-14,16,18-20,22,25,28,30-45,47-48,50-75H2,1-5H3/p+1/b11-9-,17-15-,23-21-,26-24-,29-27-,49-46-. The molecular formula is C80H146NO8+. The molecule has 9 heteroatoms. The third-order valence-electron chi connectivity index (χ3n) is 16.9. The van der Waals surface area contributed by atoms with Gasteiger partial charge in [-0.2, -0.15) is 0 Å². The Morgan fingerprint density at radius 3 is 0.966 bits per heavy atom. The van der Waals surface area contributed by atoms with Gasteiger partial charge in [-0.15, -0.1) is 0 Å². The molecule has 0 aliphatic rings. The summed E-state index contributed by atoms with van der Waals surface area (Å²) in [5.74, 6) is -2.00. The van der Waals surface area contributed by atoms with Gasteiger partial charge in [-0.3, -0.25) is 9.59 Å². The molecule has 2 unspecified atom stereocenters. The second-order valence-corrected chi connectivity index (χ2v) is 26.9. The first-order valence-electron chi connectivity index (χ1n) is 38.1. The maximum absolute atomic E-state index is 12.9. The molecule has 2 atom stereocenters. The molecule has 1 N–H and O–H groups in total. The van der Waals surface area contributed by atoms with E-state index in [1.54, 1.807) is 0 Å². The lowest BCUT2D eigenvalue weighted by atomic mass is 10.0. The predicted octanol–water partition coefficient (Wildman–Crippen LogP) is 24.0. The van der Waals surface area contributed by atoms with E-state index in [0.29, 0.717) is 23.9 Å². The number of hydrogen-bond acceptors (Lipinski definition) is 7. The number of nitrogens with zero attached hydrogens (tertiary/aromatic N) is 1. The van der Waals surface area contributed by atoms with Gasteiger partial charge in [-0.05, 0) is 83.5 Å². The molecular weight excluding hydrogens is 1100 g/mol. The number of hydrogen-bond donors (Lipinski definition) is 1. The normalized spacial score (nSPS) is 13.0. The average Bonchev–Trinajstić information content (AvgIpc) is 3.64. The van der Waals surface area contributed by atoms with E-state index < -0.39 is 24.3 Å². The highest BCUT2D eigenvalue weighted by Gasteiger charge is 2.25. The molecule has 0 aliphatic carbocycles. The number of carboxylic acids is 1. The molecule has 0 amide bonds. The first kappa shape index (κ1) is 85.7. The van der Waals surface area contributed by atoms with E-state index in [4.69, 9.17) is 18.9 Å². The molecule has 0 heterocycles. The van der Waals surface area contributed by atoms with Gasteiger partial charge in [0.25, 0.3) is 6.29 Å². The van der Waals surface area contributed by atoms with Crippen LogP contribution >= 0.6 is 0 Å². The smallest absolute Gasteiger partial charge is 0.361 e.